The molecule has 0 aliphatic carbocycles. The molecule has 0 saturated carbocycles. The number of hydrogen-bond donors (Lipinski definition) is 1. The normalized spacial score (nSPS) is 22.1. The zero-order valence-electron chi connectivity index (χ0n) is 7.29. The maximum absolute atomic E-state index is 3.44. The Bertz CT molecular complexity index is 267. The van der Waals surface area contributed by atoms with Crippen LogP contribution in [0.4, 0.5) is 0 Å². The van der Waals surface area contributed by atoms with Crippen LogP contribution in [0.3, 0.4) is 0 Å². The smallest absolute Gasteiger partial charge is 0.0231 e. The maximum Gasteiger partial charge on any atom is 0.0231 e. The quantitative estimate of drug-likeness (QED) is 0.875. The Morgan fingerprint density at radius 3 is 2.69 bits per heavy atom. The molecule has 0 amide bonds. The predicted molar refractivity (Wildman–Crippen MR) is 61.3 cm³/mol. The molecule has 1 aliphatic heterocycles. The van der Waals surface area contributed by atoms with E-state index in [1.165, 1.54) is 17.9 Å². The first kappa shape index (κ1) is 9.56. The number of benzene rings is 1. The molecule has 1 N–H and O–H groups in total. The number of hydrogen-bond acceptors (Lipinski definition) is 2. The van der Waals surface area contributed by atoms with Crippen LogP contribution in [0.2, 0.25) is 0 Å². The summed E-state index contributed by atoms with van der Waals surface area (Å²) in [7, 11) is 0. The van der Waals surface area contributed by atoms with Gasteiger partial charge in [0.1, 0.15) is 0 Å². The van der Waals surface area contributed by atoms with E-state index in [9.17, 15) is 0 Å². The van der Waals surface area contributed by atoms with Crippen molar-refractivity contribution in [2.45, 2.75) is 16.6 Å². The van der Waals surface area contributed by atoms with E-state index in [0.717, 1.165) is 16.3 Å². The van der Waals surface area contributed by atoms with E-state index < -0.39 is 0 Å². The van der Waals surface area contributed by atoms with Crippen molar-refractivity contribution in [2.24, 2.45) is 0 Å². The van der Waals surface area contributed by atoms with Crippen molar-refractivity contribution in [3.63, 3.8) is 0 Å². The van der Waals surface area contributed by atoms with Gasteiger partial charge in [0, 0.05) is 21.2 Å². The second-order valence-corrected chi connectivity index (χ2v) is 5.48. The number of nitrogens with one attached hydrogen (secondary N) is 1. The van der Waals surface area contributed by atoms with Crippen molar-refractivity contribution in [2.75, 3.05) is 13.1 Å². The SMILES string of the molecule is Brc1ccc(S[C@H]2CCNC2)cc1. The van der Waals surface area contributed by atoms with Gasteiger partial charge in [0.2, 0.25) is 0 Å². The van der Waals surface area contributed by atoms with E-state index in [-0.39, 0.29) is 0 Å². The standard InChI is InChI=1S/C10H12BrNS/c11-8-1-3-9(4-2-8)13-10-5-6-12-7-10/h1-4,10,12H,5-7H2/t10-/m0/s1. The van der Waals surface area contributed by atoms with E-state index in [4.69, 9.17) is 0 Å². The molecule has 13 heavy (non-hydrogen) atoms. The van der Waals surface area contributed by atoms with Crippen LogP contribution in [0.5, 0.6) is 0 Å². The van der Waals surface area contributed by atoms with Gasteiger partial charge in [0.25, 0.3) is 0 Å². The molecule has 1 fully saturated rings. The predicted octanol–water partition coefficient (Wildman–Crippen LogP) is 2.90. The lowest BCUT2D eigenvalue weighted by atomic mass is 10.4. The van der Waals surface area contributed by atoms with E-state index in [2.05, 4.69) is 45.5 Å². The third-order valence-corrected chi connectivity index (χ3v) is 3.94. The Balaban J connectivity index is 1.97. The lowest BCUT2D eigenvalue weighted by Gasteiger charge is -2.07. The molecule has 0 spiro atoms. The highest BCUT2D eigenvalue weighted by Gasteiger charge is 2.14. The number of thioether (sulfide) groups is 1. The first-order chi connectivity index (χ1) is 6.34. The molecule has 1 aromatic carbocycles. The van der Waals surface area contributed by atoms with E-state index in [1.807, 2.05) is 11.8 Å². The van der Waals surface area contributed by atoms with E-state index in [1.54, 1.807) is 0 Å². The number of halogens is 1. The molecular weight excluding hydrogens is 246 g/mol. The van der Waals surface area contributed by atoms with Gasteiger partial charge in [0.05, 0.1) is 0 Å². The van der Waals surface area contributed by atoms with Gasteiger partial charge < -0.3 is 5.32 Å². The molecule has 0 aromatic heterocycles. The van der Waals surface area contributed by atoms with E-state index >= 15 is 0 Å². The number of rotatable bonds is 2. The topological polar surface area (TPSA) is 12.0 Å². The van der Waals surface area contributed by atoms with Gasteiger partial charge in [-0.3, -0.25) is 0 Å². The van der Waals surface area contributed by atoms with Gasteiger partial charge in [0.15, 0.2) is 0 Å². The average molecular weight is 258 g/mol. The lowest BCUT2D eigenvalue weighted by Crippen LogP contribution is -2.09. The lowest BCUT2D eigenvalue weighted by molar-refractivity contribution is 0.858. The maximum atomic E-state index is 3.44. The Kier molecular flexibility index (Phi) is 3.30. The summed E-state index contributed by atoms with van der Waals surface area (Å²) in [5.74, 6) is 0. The molecule has 0 bridgehead atoms. The first-order valence-corrected chi connectivity index (χ1v) is 6.15. The Hall–Kier alpha value is 0.01000. The third-order valence-electron chi connectivity index (χ3n) is 2.13. The largest absolute Gasteiger partial charge is 0.316 e. The van der Waals surface area contributed by atoms with Gasteiger partial charge in [-0.1, -0.05) is 15.9 Å². The summed E-state index contributed by atoms with van der Waals surface area (Å²) < 4.78 is 1.15. The molecule has 1 saturated heterocycles. The minimum Gasteiger partial charge on any atom is -0.316 e. The molecule has 3 heteroatoms. The van der Waals surface area contributed by atoms with Gasteiger partial charge >= 0.3 is 0 Å². The van der Waals surface area contributed by atoms with Gasteiger partial charge in [-0.05, 0) is 37.2 Å². The summed E-state index contributed by atoms with van der Waals surface area (Å²) in [5.41, 5.74) is 0. The zero-order valence-corrected chi connectivity index (χ0v) is 9.70. The van der Waals surface area contributed by atoms with Crippen molar-refractivity contribution in [3.05, 3.63) is 28.7 Å². The van der Waals surface area contributed by atoms with Crippen LogP contribution in [0.1, 0.15) is 6.42 Å². The summed E-state index contributed by atoms with van der Waals surface area (Å²) in [4.78, 5) is 1.37. The average Bonchev–Trinajstić information content (AvgIpc) is 2.62. The van der Waals surface area contributed by atoms with Crippen molar-refractivity contribution in [3.8, 4) is 0 Å². The fourth-order valence-electron chi connectivity index (χ4n) is 1.43. The summed E-state index contributed by atoms with van der Waals surface area (Å²) in [5, 5.41) is 4.14. The van der Waals surface area contributed by atoms with Crippen LogP contribution in [-0.2, 0) is 0 Å². The van der Waals surface area contributed by atoms with Crippen LogP contribution in [0, 0.1) is 0 Å². The summed E-state index contributed by atoms with van der Waals surface area (Å²) >= 11 is 5.41. The fourth-order valence-corrected chi connectivity index (χ4v) is 2.81. The minimum absolute atomic E-state index is 0.765. The highest BCUT2D eigenvalue weighted by Crippen LogP contribution is 2.27. The van der Waals surface area contributed by atoms with Gasteiger partial charge in [-0.2, -0.15) is 0 Å². The molecule has 1 heterocycles. The van der Waals surface area contributed by atoms with Gasteiger partial charge in [-0.15, -0.1) is 11.8 Å². The second-order valence-electron chi connectivity index (χ2n) is 3.19. The van der Waals surface area contributed by atoms with E-state index in [0.29, 0.717) is 0 Å². The van der Waals surface area contributed by atoms with Crippen LogP contribution >= 0.6 is 27.7 Å². The highest BCUT2D eigenvalue weighted by atomic mass is 79.9. The van der Waals surface area contributed by atoms with Crippen LogP contribution in [0.15, 0.2) is 33.6 Å². The molecule has 70 valence electrons. The monoisotopic (exact) mass is 257 g/mol. The third kappa shape index (κ3) is 2.73. The van der Waals surface area contributed by atoms with Crippen LogP contribution in [0.25, 0.3) is 0 Å². The first-order valence-electron chi connectivity index (χ1n) is 4.47. The van der Waals surface area contributed by atoms with Crippen molar-refractivity contribution < 1.29 is 0 Å². The van der Waals surface area contributed by atoms with Crippen molar-refractivity contribution >= 4 is 27.7 Å². The Labute approximate surface area is 91.4 Å². The fraction of sp³-hybridized carbons (Fsp3) is 0.400. The molecule has 1 nitrogen and oxygen atoms in total. The second kappa shape index (κ2) is 4.49. The Morgan fingerprint density at radius 1 is 1.31 bits per heavy atom. The molecule has 1 aliphatic rings. The molecule has 0 unspecified atom stereocenters. The van der Waals surface area contributed by atoms with Crippen molar-refractivity contribution in [1.82, 2.24) is 5.32 Å². The molecule has 1 aromatic rings. The minimum atomic E-state index is 0.765. The highest BCUT2D eigenvalue weighted by molar-refractivity contribution is 9.10. The van der Waals surface area contributed by atoms with Crippen LogP contribution in [-0.4, -0.2) is 18.3 Å². The molecule has 1 atom stereocenters. The summed E-state index contributed by atoms with van der Waals surface area (Å²) in [6, 6.07) is 8.55. The summed E-state index contributed by atoms with van der Waals surface area (Å²) in [6.45, 7) is 2.33. The molecule has 0 radical (unpaired) electrons. The molecular formula is C10H12BrNS. The zero-order chi connectivity index (χ0) is 9.10. The molecule has 2 rings (SSSR count). The van der Waals surface area contributed by atoms with Gasteiger partial charge in [-0.25, -0.2) is 0 Å². The van der Waals surface area contributed by atoms with Crippen LogP contribution < -0.4 is 5.32 Å². The van der Waals surface area contributed by atoms with Crippen molar-refractivity contribution in [1.29, 1.82) is 0 Å². The Morgan fingerprint density at radius 2 is 2.08 bits per heavy atom. The summed E-state index contributed by atoms with van der Waals surface area (Å²) in [6.07, 6.45) is 1.29.